The van der Waals surface area contributed by atoms with Crippen LogP contribution in [0.4, 0.5) is 0 Å². The van der Waals surface area contributed by atoms with E-state index in [1.165, 1.54) is 4.58 Å². The normalized spacial score (nSPS) is 9.50. The summed E-state index contributed by atoms with van der Waals surface area (Å²) < 4.78 is 25.5. The number of halogens is 2. The summed E-state index contributed by atoms with van der Waals surface area (Å²) in [5.41, 5.74) is 0. The van der Waals surface area contributed by atoms with Crippen molar-refractivity contribution in [1.29, 1.82) is 0 Å². The van der Waals surface area contributed by atoms with E-state index in [1.807, 2.05) is 0 Å². The Hall–Kier alpha value is -0.000000000000000111. The molecule has 0 saturated heterocycles. The van der Waals surface area contributed by atoms with E-state index in [9.17, 15) is 8.42 Å². The maximum absolute atomic E-state index is 10.0. The number of rotatable bonds is 2. The van der Waals surface area contributed by atoms with Gasteiger partial charge in [0.2, 0.25) is 0 Å². The second kappa shape index (κ2) is 4.76. The summed E-state index contributed by atoms with van der Waals surface area (Å²) in [6, 6.07) is 0. The minimum Gasteiger partial charge on any atom is -1.00 e. The number of nitrogens with zero attached hydrogens (tertiary/aromatic N) is 1. The van der Waals surface area contributed by atoms with E-state index in [0.29, 0.717) is 0 Å². The predicted octanol–water partition coefficient (Wildman–Crippen LogP) is -3.21. The molecule has 0 aliphatic carbocycles. The molecule has 0 radical (unpaired) electrons. The van der Waals surface area contributed by atoms with Gasteiger partial charge in [0.1, 0.15) is 14.1 Å². The fourth-order valence-electron chi connectivity index (χ4n) is 0.137. The Bertz CT molecular complexity index is 206. The van der Waals surface area contributed by atoms with Gasteiger partial charge in [0, 0.05) is 0 Å². The standard InChI is InChI=1S/C3H7ClNO3S.ClH/c1-5(2)3-8-9(4,6)7;/h3H,1-2H3;1H/q+1;/p-1. The van der Waals surface area contributed by atoms with Crippen molar-refractivity contribution >= 4 is 26.4 Å². The van der Waals surface area contributed by atoms with Gasteiger partial charge in [-0.1, -0.05) is 0 Å². The van der Waals surface area contributed by atoms with Crippen LogP contribution in [0.1, 0.15) is 0 Å². The van der Waals surface area contributed by atoms with Gasteiger partial charge in [0.15, 0.2) is 0 Å². The van der Waals surface area contributed by atoms with Crippen LogP contribution in [0, 0.1) is 0 Å². The minimum atomic E-state index is -3.84. The molecule has 0 aromatic rings. The molecule has 0 aromatic carbocycles. The Morgan fingerprint density at radius 3 is 2.00 bits per heavy atom. The molecule has 0 N–H and O–H groups in total. The Balaban J connectivity index is 0. The highest BCUT2D eigenvalue weighted by atomic mass is 35.7. The lowest BCUT2D eigenvalue weighted by molar-refractivity contribution is -0.466. The van der Waals surface area contributed by atoms with Crippen LogP contribution in [0.25, 0.3) is 0 Å². The van der Waals surface area contributed by atoms with Crippen LogP contribution >= 0.6 is 10.7 Å². The van der Waals surface area contributed by atoms with Crippen LogP contribution in [0.3, 0.4) is 0 Å². The van der Waals surface area contributed by atoms with Crippen molar-refractivity contribution in [3.63, 3.8) is 0 Å². The van der Waals surface area contributed by atoms with Gasteiger partial charge in [0.05, 0.1) is 10.7 Å². The first-order chi connectivity index (χ1) is 3.92. The molecule has 0 rings (SSSR count). The van der Waals surface area contributed by atoms with E-state index in [0.717, 1.165) is 6.40 Å². The molecule has 0 aliphatic heterocycles. The molecule has 0 bridgehead atoms. The molecule has 4 nitrogen and oxygen atoms in total. The molecule has 0 heterocycles. The third-order valence-electron chi connectivity index (χ3n) is 0.369. The lowest BCUT2D eigenvalue weighted by Crippen LogP contribution is -3.00. The molecule has 0 aromatic heterocycles. The minimum absolute atomic E-state index is 0. The van der Waals surface area contributed by atoms with Crippen LogP contribution in [0.5, 0.6) is 0 Å². The zero-order valence-corrected chi connectivity index (χ0v) is 7.74. The van der Waals surface area contributed by atoms with Crippen LogP contribution in [0.2, 0.25) is 0 Å². The largest absolute Gasteiger partial charge is 1.00 e. The molecule has 10 heavy (non-hydrogen) atoms. The van der Waals surface area contributed by atoms with E-state index >= 15 is 0 Å². The summed E-state index contributed by atoms with van der Waals surface area (Å²) in [4.78, 5) is 0. The van der Waals surface area contributed by atoms with E-state index in [-0.39, 0.29) is 12.4 Å². The molecule has 62 valence electrons. The molecular weight excluding hydrogens is 201 g/mol. The van der Waals surface area contributed by atoms with Crippen LogP contribution in [0.15, 0.2) is 0 Å². The van der Waals surface area contributed by atoms with E-state index in [1.54, 1.807) is 14.1 Å². The van der Waals surface area contributed by atoms with E-state index in [4.69, 9.17) is 0 Å². The molecule has 0 amide bonds. The van der Waals surface area contributed by atoms with Crippen LogP contribution in [-0.4, -0.2) is 33.5 Å². The summed E-state index contributed by atoms with van der Waals surface area (Å²) in [5.74, 6) is 0. The molecule has 0 unspecified atom stereocenters. The average molecular weight is 208 g/mol. The summed E-state index contributed by atoms with van der Waals surface area (Å²) in [6.45, 7) is 0. The van der Waals surface area contributed by atoms with Gasteiger partial charge >= 0.3 is 15.7 Å². The first-order valence-electron chi connectivity index (χ1n) is 2.04. The van der Waals surface area contributed by atoms with Crippen molar-refractivity contribution < 1.29 is 29.6 Å². The van der Waals surface area contributed by atoms with Gasteiger partial charge < -0.3 is 16.6 Å². The fourth-order valence-corrected chi connectivity index (χ4v) is 0.510. The molecule has 0 spiro atoms. The van der Waals surface area contributed by atoms with Gasteiger partial charge in [-0.15, -0.1) is 0 Å². The SMILES string of the molecule is C[N+](C)=COS(=O)(=O)Cl.[Cl-]. The first kappa shape index (κ1) is 12.7. The Morgan fingerprint density at radius 2 is 1.90 bits per heavy atom. The molecule has 0 fully saturated rings. The van der Waals surface area contributed by atoms with Gasteiger partial charge in [-0.3, -0.25) is 0 Å². The van der Waals surface area contributed by atoms with Crippen molar-refractivity contribution in [2.24, 2.45) is 0 Å². The smallest absolute Gasteiger partial charge is 0.405 e. The first-order valence-corrected chi connectivity index (χ1v) is 4.28. The molecule has 0 aliphatic rings. The van der Waals surface area contributed by atoms with Crippen molar-refractivity contribution in [2.45, 2.75) is 0 Å². The lowest BCUT2D eigenvalue weighted by atomic mass is 11.1. The van der Waals surface area contributed by atoms with E-state index in [2.05, 4.69) is 14.9 Å². The summed E-state index contributed by atoms with van der Waals surface area (Å²) in [5, 5.41) is 0. The molecule has 0 saturated carbocycles. The lowest BCUT2D eigenvalue weighted by Gasteiger charge is -1.87. The predicted molar refractivity (Wildman–Crippen MR) is 34.0 cm³/mol. The highest BCUT2D eigenvalue weighted by Crippen LogP contribution is 1.93. The zero-order valence-electron chi connectivity index (χ0n) is 5.41. The van der Waals surface area contributed by atoms with Gasteiger partial charge in [0.25, 0.3) is 0 Å². The second-order valence-corrected chi connectivity index (χ2v) is 3.67. The topological polar surface area (TPSA) is 46.4 Å². The van der Waals surface area contributed by atoms with E-state index < -0.39 is 9.33 Å². The Labute approximate surface area is 70.5 Å². The second-order valence-electron chi connectivity index (χ2n) is 1.56. The number of hydrogen-bond acceptors (Lipinski definition) is 3. The Morgan fingerprint density at radius 1 is 1.50 bits per heavy atom. The maximum Gasteiger partial charge on any atom is 0.405 e. The highest BCUT2D eigenvalue weighted by Gasteiger charge is 2.02. The fraction of sp³-hybridized carbons (Fsp3) is 0.667. The van der Waals surface area contributed by atoms with Crippen molar-refractivity contribution in [3.8, 4) is 0 Å². The average Bonchev–Trinajstić information content (AvgIpc) is 1.59. The highest BCUT2D eigenvalue weighted by molar-refractivity contribution is 8.10. The van der Waals surface area contributed by atoms with Crippen molar-refractivity contribution in [3.05, 3.63) is 0 Å². The van der Waals surface area contributed by atoms with Gasteiger partial charge in [-0.2, -0.15) is 8.42 Å². The van der Waals surface area contributed by atoms with Gasteiger partial charge in [-0.05, 0) is 0 Å². The molecular formula is C3H7Cl2NO3S. The van der Waals surface area contributed by atoms with Crippen molar-refractivity contribution in [2.75, 3.05) is 14.1 Å². The molecule has 0 atom stereocenters. The number of hydrogen-bond donors (Lipinski definition) is 0. The zero-order chi connectivity index (χ0) is 7.49. The summed E-state index contributed by atoms with van der Waals surface area (Å²) in [7, 11) is 4.05. The third-order valence-corrected chi connectivity index (χ3v) is 0.903. The monoisotopic (exact) mass is 207 g/mol. The van der Waals surface area contributed by atoms with Crippen molar-refractivity contribution in [1.82, 2.24) is 0 Å². The Kier molecular flexibility index (Phi) is 6.02. The maximum atomic E-state index is 10.0. The molecule has 7 heteroatoms. The summed E-state index contributed by atoms with van der Waals surface area (Å²) in [6.07, 6.45) is 0.988. The summed E-state index contributed by atoms with van der Waals surface area (Å²) >= 11 is 0. The van der Waals surface area contributed by atoms with Crippen LogP contribution < -0.4 is 12.4 Å². The quantitative estimate of drug-likeness (QED) is 0.208. The third kappa shape index (κ3) is 10.9. The van der Waals surface area contributed by atoms with Crippen LogP contribution in [-0.2, 0) is 13.5 Å². The van der Waals surface area contributed by atoms with Gasteiger partial charge in [-0.25, -0.2) is 4.58 Å².